The molecule has 0 amide bonds. The Morgan fingerprint density at radius 1 is 1.16 bits per heavy atom. The minimum absolute atomic E-state index is 0. The second kappa shape index (κ2) is 12.3. The molecule has 1 aliphatic heterocycles. The number of hydrogen-bond donors (Lipinski definition) is 2. The van der Waals surface area contributed by atoms with Crippen LogP contribution in [0.1, 0.15) is 31.7 Å². The molecule has 2 heterocycles. The van der Waals surface area contributed by atoms with E-state index in [2.05, 4.69) is 56.5 Å². The molecule has 0 bridgehead atoms. The van der Waals surface area contributed by atoms with Crippen LogP contribution in [0.3, 0.4) is 0 Å². The van der Waals surface area contributed by atoms with Crippen molar-refractivity contribution in [2.24, 2.45) is 4.99 Å². The molecule has 2 rings (SSSR count). The van der Waals surface area contributed by atoms with Gasteiger partial charge in [-0.15, -0.1) is 24.0 Å². The van der Waals surface area contributed by atoms with Crippen LogP contribution in [0.25, 0.3) is 0 Å². The molecule has 0 saturated carbocycles. The van der Waals surface area contributed by atoms with E-state index in [1.165, 1.54) is 24.8 Å². The van der Waals surface area contributed by atoms with Crippen LogP contribution in [-0.2, 0) is 6.54 Å². The molecule has 0 unspecified atom stereocenters. The first-order valence-electron chi connectivity index (χ1n) is 9.06. The highest BCUT2D eigenvalue weighted by Gasteiger charge is 2.14. The molecule has 2 N–H and O–H groups in total. The van der Waals surface area contributed by atoms with E-state index in [-0.39, 0.29) is 24.0 Å². The molecule has 1 fully saturated rings. The number of halogens is 1. The molecule has 1 aromatic heterocycles. The van der Waals surface area contributed by atoms with Crippen molar-refractivity contribution in [2.75, 3.05) is 51.7 Å². The van der Waals surface area contributed by atoms with Crippen molar-refractivity contribution in [3.05, 3.63) is 23.9 Å². The van der Waals surface area contributed by atoms with Crippen LogP contribution in [0.4, 0.5) is 5.82 Å². The smallest absolute Gasteiger partial charge is 0.191 e. The van der Waals surface area contributed by atoms with E-state index in [0.29, 0.717) is 0 Å². The lowest BCUT2D eigenvalue weighted by atomic mass is 10.2. The number of pyridine rings is 1. The lowest BCUT2D eigenvalue weighted by Crippen LogP contribution is -2.44. The number of aromatic nitrogens is 1. The Labute approximate surface area is 169 Å². The van der Waals surface area contributed by atoms with Gasteiger partial charge in [0, 0.05) is 52.5 Å². The first-order chi connectivity index (χ1) is 11.7. The van der Waals surface area contributed by atoms with Gasteiger partial charge in [-0.3, -0.25) is 4.99 Å². The maximum absolute atomic E-state index is 4.62. The number of guanidine groups is 1. The third-order valence-electron chi connectivity index (χ3n) is 4.39. The molecule has 0 aliphatic carbocycles. The van der Waals surface area contributed by atoms with Crippen molar-refractivity contribution in [2.45, 2.75) is 32.7 Å². The van der Waals surface area contributed by atoms with Gasteiger partial charge in [0.25, 0.3) is 0 Å². The highest BCUT2D eigenvalue weighted by Crippen LogP contribution is 2.13. The second-order valence-corrected chi connectivity index (χ2v) is 6.37. The Kier molecular flexibility index (Phi) is 10.8. The Bertz CT molecular complexity index is 497. The largest absolute Gasteiger partial charge is 0.356 e. The summed E-state index contributed by atoms with van der Waals surface area (Å²) in [5.41, 5.74) is 1.17. The number of hydrogen-bond acceptors (Lipinski definition) is 4. The Morgan fingerprint density at radius 2 is 1.92 bits per heavy atom. The molecule has 0 spiro atoms. The van der Waals surface area contributed by atoms with Crippen molar-refractivity contribution in [3.63, 3.8) is 0 Å². The van der Waals surface area contributed by atoms with Crippen molar-refractivity contribution < 1.29 is 0 Å². The molecule has 1 aromatic rings. The Hall–Kier alpha value is -1.09. The van der Waals surface area contributed by atoms with E-state index in [1.807, 2.05) is 13.2 Å². The van der Waals surface area contributed by atoms with Gasteiger partial charge in [-0.25, -0.2) is 4.98 Å². The fraction of sp³-hybridized carbons (Fsp3) is 0.667. The SMILES string of the molecule is CCCCCNC(=NC)NCc1ccc(N2CCN(C)CC2)nc1.I. The highest BCUT2D eigenvalue weighted by atomic mass is 127. The van der Waals surface area contributed by atoms with Gasteiger partial charge in [-0.2, -0.15) is 0 Å². The monoisotopic (exact) mass is 460 g/mol. The number of aliphatic imine (C=N–C) groups is 1. The van der Waals surface area contributed by atoms with Crippen LogP contribution < -0.4 is 15.5 Å². The van der Waals surface area contributed by atoms with Gasteiger partial charge in [0.05, 0.1) is 0 Å². The van der Waals surface area contributed by atoms with Gasteiger partial charge in [0.2, 0.25) is 0 Å². The minimum atomic E-state index is 0. The van der Waals surface area contributed by atoms with Crippen LogP contribution in [0, 0.1) is 0 Å². The fourth-order valence-corrected chi connectivity index (χ4v) is 2.73. The Morgan fingerprint density at radius 3 is 2.52 bits per heavy atom. The average molecular weight is 460 g/mol. The van der Waals surface area contributed by atoms with E-state index in [4.69, 9.17) is 0 Å². The topological polar surface area (TPSA) is 55.8 Å². The van der Waals surface area contributed by atoms with Gasteiger partial charge in [-0.1, -0.05) is 25.8 Å². The molecule has 7 heteroatoms. The Balaban J connectivity index is 0.00000312. The van der Waals surface area contributed by atoms with Crippen LogP contribution >= 0.6 is 24.0 Å². The summed E-state index contributed by atoms with van der Waals surface area (Å²) in [6.07, 6.45) is 5.63. The summed E-state index contributed by atoms with van der Waals surface area (Å²) in [5.74, 6) is 1.93. The lowest BCUT2D eigenvalue weighted by molar-refractivity contribution is 0.312. The molecular formula is C18H33IN6. The standard InChI is InChI=1S/C18H32N6.HI/c1-4-5-6-9-20-18(19-2)22-15-16-7-8-17(21-14-16)24-12-10-23(3)11-13-24;/h7-8,14H,4-6,9-13,15H2,1-3H3,(H2,19,20,22);1H. The molecule has 6 nitrogen and oxygen atoms in total. The first-order valence-corrected chi connectivity index (χ1v) is 9.06. The normalized spacial score (nSPS) is 15.6. The van der Waals surface area contributed by atoms with Gasteiger partial charge < -0.3 is 20.4 Å². The molecular weight excluding hydrogens is 427 g/mol. The molecule has 142 valence electrons. The van der Waals surface area contributed by atoms with Gasteiger partial charge in [0.1, 0.15) is 5.82 Å². The summed E-state index contributed by atoms with van der Waals surface area (Å²) in [4.78, 5) is 13.6. The summed E-state index contributed by atoms with van der Waals surface area (Å²) in [5, 5.41) is 6.69. The number of unbranched alkanes of at least 4 members (excludes halogenated alkanes) is 2. The summed E-state index contributed by atoms with van der Waals surface area (Å²) in [6.45, 7) is 8.23. The number of piperazine rings is 1. The third-order valence-corrected chi connectivity index (χ3v) is 4.39. The van der Waals surface area contributed by atoms with Crippen molar-refractivity contribution in [3.8, 4) is 0 Å². The maximum atomic E-state index is 4.62. The number of rotatable bonds is 7. The molecule has 25 heavy (non-hydrogen) atoms. The molecule has 0 atom stereocenters. The molecule has 0 aromatic carbocycles. The molecule has 0 radical (unpaired) electrons. The fourth-order valence-electron chi connectivity index (χ4n) is 2.73. The quantitative estimate of drug-likeness (QED) is 0.283. The van der Waals surface area contributed by atoms with Gasteiger partial charge in [-0.05, 0) is 25.1 Å². The summed E-state index contributed by atoms with van der Waals surface area (Å²) in [6, 6.07) is 4.28. The second-order valence-electron chi connectivity index (χ2n) is 6.37. The average Bonchev–Trinajstić information content (AvgIpc) is 2.62. The first kappa shape index (κ1) is 22.0. The van der Waals surface area contributed by atoms with Crippen molar-refractivity contribution in [1.82, 2.24) is 20.5 Å². The van der Waals surface area contributed by atoms with E-state index in [9.17, 15) is 0 Å². The van der Waals surface area contributed by atoms with Crippen LogP contribution in [0.15, 0.2) is 23.3 Å². The van der Waals surface area contributed by atoms with Gasteiger partial charge >= 0.3 is 0 Å². The number of nitrogens with zero attached hydrogens (tertiary/aromatic N) is 4. The van der Waals surface area contributed by atoms with Crippen LogP contribution in [0.5, 0.6) is 0 Å². The van der Waals surface area contributed by atoms with Gasteiger partial charge in [0.15, 0.2) is 5.96 Å². The zero-order valence-electron chi connectivity index (χ0n) is 15.8. The van der Waals surface area contributed by atoms with E-state index in [0.717, 1.165) is 51.0 Å². The van der Waals surface area contributed by atoms with Crippen molar-refractivity contribution in [1.29, 1.82) is 0 Å². The minimum Gasteiger partial charge on any atom is -0.356 e. The zero-order valence-corrected chi connectivity index (χ0v) is 18.1. The lowest BCUT2D eigenvalue weighted by Gasteiger charge is -2.33. The molecule has 1 saturated heterocycles. The number of nitrogens with one attached hydrogen (secondary N) is 2. The number of likely N-dealkylation sites (N-methyl/N-ethyl adjacent to an activating group) is 1. The van der Waals surface area contributed by atoms with E-state index < -0.39 is 0 Å². The molecule has 1 aliphatic rings. The summed E-state index contributed by atoms with van der Waals surface area (Å²) in [7, 11) is 3.98. The van der Waals surface area contributed by atoms with Crippen LogP contribution in [-0.4, -0.2) is 62.7 Å². The van der Waals surface area contributed by atoms with Crippen molar-refractivity contribution >= 4 is 35.8 Å². The highest BCUT2D eigenvalue weighted by molar-refractivity contribution is 14.0. The third kappa shape index (κ3) is 7.77. The predicted octanol–water partition coefficient (Wildman–Crippen LogP) is 2.31. The maximum Gasteiger partial charge on any atom is 0.191 e. The summed E-state index contributed by atoms with van der Waals surface area (Å²) < 4.78 is 0. The predicted molar refractivity (Wildman–Crippen MR) is 117 cm³/mol. The zero-order chi connectivity index (χ0) is 17.2. The van der Waals surface area contributed by atoms with E-state index >= 15 is 0 Å². The van der Waals surface area contributed by atoms with Crippen LogP contribution in [0.2, 0.25) is 0 Å². The number of anilines is 1. The summed E-state index contributed by atoms with van der Waals surface area (Å²) >= 11 is 0. The van der Waals surface area contributed by atoms with E-state index in [1.54, 1.807) is 0 Å².